The molecule has 32 radical (unpaired) electrons. The molecule has 43 heteroatoms. The predicted molar refractivity (Wildman–Crippen MR) is 590 cm³/mol. The quantitative estimate of drug-likeness (QED) is 0.0487. The van der Waals surface area contributed by atoms with Crippen LogP contribution in [0.5, 0.6) is 0 Å². The monoisotopic (exact) mass is 1770 g/mol. The molecule has 6 saturated carbocycles. The number of nitrogens with zero attached hydrogens (tertiary/aromatic N) is 5. The Hall–Kier alpha value is -4.53. The van der Waals surface area contributed by atoms with Crippen LogP contribution in [0.4, 0.5) is 17.6 Å². The van der Waals surface area contributed by atoms with Crippen molar-refractivity contribution in [1.29, 1.82) is 0 Å². The summed E-state index contributed by atoms with van der Waals surface area (Å²) in [7, 11) is 100. The van der Waals surface area contributed by atoms with E-state index in [-0.39, 0.29) is 97.3 Å². The van der Waals surface area contributed by atoms with Gasteiger partial charge in [0.05, 0.1) is 46.7 Å². The third-order valence-corrected chi connectivity index (χ3v) is 36.9. The van der Waals surface area contributed by atoms with Gasteiger partial charge in [0.15, 0.2) is 0 Å². The molecule has 6 unspecified atom stereocenters. The van der Waals surface area contributed by atoms with Crippen molar-refractivity contribution < 1.29 is 36.6 Å². The lowest BCUT2D eigenvalue weighted by atomic mass is 8.31. The zero-order chi connectivity index (χ0) is 94.3. The normalized spacial score (nSPS) is 32.1. The van der Waals surface area contributed by atoms with Gasteiger partial charge >= 0.3 is 0 Å². The Morgan fingerprint density at radius 1 is 0.375 bits per heavy atom. The van der Waals surface area contributed by atoms with E-state index in [1.165, 1.54) is 121 Å². The van der Waals surface area contributed by atoms with E-state index in [0.717, 1.165) is 103 Å². The molecule has 9 aliphatic carbocycles. The Kier molecular flexibility index (Phi) is 31.7. The lowest BCUT2D eigenvalue weighted by Crippen LogP contribution is -2.88. The van der Waals surface area contributed by atoms with Crippen LogP contribution >= 0.6 is 0 Å². The summed E-state index contributed by atoms with van der Waals surface area (Å²) in [6, 6.07) is 27.4. The zero-order valence-electron chi connectivity index (χ0n) is 78.2. The lowest BCUT2D eigenvalue weighted by Gasteiger charge is -2.55. The van der Waals surface area contributed by atoms with Gasteiger partial charge in [-0.25, -0.2) is 17.6 Å². The molecule has 136 heavy (non-hydrogen) atoms. The van der Waals surface area contributed by atoms with E-state index in [9.17, 15) is 22.4 Å². The molecule has 9 heterocycles. The summed E-state index contributed by atoms with van der Waals surface area (Å²) in [6.07, 6.45) is 32.5. The van der Waals surface area contributed by atoms with E-state index >= 15 is 0 Å². The van der Waals surface area contributed by atoms with Crippen LogP contribution in [-0.4, -0.2) is 329 Å². The van der Waals surface area contributed by atoms with E-state index in [0.29, 0.717) is 54.1 Å². The van der Waals surface area contributed by atoms with Gasteiger partial charge in [0, 0.05) is 291 Å². The van der Waals surface area contributed by atoms with Crippen LogP contribution in [-0.2, 0) is 19.0 Å². The Morgan fingerprint density at radius 2 is 0.669 bits per heavy atom. The minimum atomic E-state index is -2.29. The molecule has 9 nitrogen and oxygen atoms in total. The van der Waals surface area contributed by atoms with Gasteiger partial charge in [0.2, 0.25) is 0 Å². The molecule has 3 aromatic heterocycles. The fraction of sp³-hybridized carbons (Fsp3) is 0.570. The summed E-state index contributed by atoms with van der Waals surface area (Å²) in [4.78, 5) is 29.2. The number of carbonyl (C=O) groups is 1. The Morgan fingerprint density at radius 3 is 0.971 bits per heavy atom. The predicted octanol–water partition coefficient (Wildman–Crippen LogP) is 10.6. The molecule has 0 amide bonds. The third kappa shape index (κ3) is 18.5. The molecule has 6 aliphatic heterocycles. The van der Waals surface area contributed by atoms with Crippen LogP contribution in [0.25, 0.3) is 32.3 Å². The van der Waals surface area contributed by atoms with Crippen molar-refractivity contribution in [3.05, 3.63) is 197 Å². The van der Waals surface area contributed by atoms with Gasteiger partial charge in [-0.1, -0.05) is 116 Å². The largest absolute Gasteiger partial charge is 0.359 e. The number of hydrogen-bond acceptors (Lipinski definition) is 9. The van der Waals surface area contributed by atoms with Gasteiger partial charge in [0.25, 0.3) is 12.9 Å². The van der Waals surface area contributed by atoms with Crippen molar-refractivity contribution in [2.45, 2.75) is 273 Å². The average Bonchev–Trinajstić information content (AvgIpc) is 1.53. The molecule has 17 atom stereocenters. The van der Waals surface area contributed by atoms with Crippen molar-refractivity contribution in [2.24, 2.45) is 34.0 Å². The van der Waals surface area contributed by atoms with Gasteiger partial charge in [-0.2, -0.15) is 0 Å². The molecule has 0 N–H and O–H groups in total. The highest BCUT2D eigenvalue weighted by Crippen LogP contribution is 2.73. The maximum atomic E-state index is 13.1. The molecule has 15 aliphatic rings. The van der Waals surface area contributed by atoms with Crippen LogP contribution in [0.3, 0.4) is 0 Å². The first kappa shape index (κ1) is 106. The smallest absolute Gasteiger partial charge is 0.251 e. The number of Topliss-reactive ketones (excluding diaryl/α,β-unsaturated/α-hetero) is 1. The van der Waals surface area contributed by atoms with E-state index in [2.05, 4.69) is 145 Å². The highest BCUT2D eigenvalue weighted by atomic mass is 19.3. The molecule has 6 aromatic rings. The Labute approximate surface area is 837 Å². The van der Waals surface area contributed by atoms with Crippen molar-refractivity contribution >= 4 is 251 Å². The van der Waals surface area contributed by atoms with Crippen LogP contribution in [0.2, 0.25) is 0 Å². The van der Waals surface area contributed by atoms with E-state index in [1.807, 2.05) is 61.1 Å². The topological polar surface area (TPSA) is 89.9 Å². The first-order chi connectivity index (χ1) is 63.3. The number of ether oxygens (including phenoxy) is 3. The third-order valence-electron chi connectivity index (χ3n) is 36.9. The second kappa shape index (κ2) is 40.8. The molecule has 3 saturated heterocycles. The number of pyridine rings is 3. The molecule has 21 rings (SSSR count). The summed E-state index contributed by atoms with van der Waals surface area (Å²) in [5.74, 6) is 3.40. The fourth-order valence-corrected chi connectivity index (χ4v) is 30.7. The van der Waals surface area contributed by atoms with Crippen molar-refractivity contribution in [3.8, 4) is 0 Å². The highest BCUT2D eigenvalue weighted by Gasteiger charge is 2.71. The van der Waals surface area contributed by atoms with Gasteiger partial charge in [-0.3, -0.25) is 29.5 Å². The highest BCUT2D eigenvalue weighted by molar-refractivity contribution is 8.28. The number of aromatic nitrogens is 3. The summed E-state index contributed by atoms with van der Waals surface area (Å²) in [5.41, 5.74) is 11.9. The maximum Gasteiger partial charge on any atom is 0.251 e. The molecular formula is C93H113B30F4N5O4. The number of alkyl halides is 4. The van der Waals surface area contributed by atoms with E-state index in [4.69, 9.17) is 138 Å². The van der Waals surface area contributed by atoms with Gasteiger partial charge < -0.3 is 14.2 Å². The first-order valence-electron chi connectivity index (χ1n) is 49.2. The van der Waals surface area contributed by atoms with Crippen LogP contribution in [0.15, 0.2) is 180 Å². The molecule has 3 aromatic carbocycles. The molecule has 6 bridgehead atoms. The van der Waals surface area contributed by atoms with Crippen LogP contribution in [0, 0.1) is 34.0 Å². The zero-order valence-corrected chi connectivity index (χ0v) is 78.2. The van der Waals surface area contributed by atoms with Crippen molar-refractivity contribution in [3.63, 3.8) is 0 Å². The summed E-state index contributed by atoms with van der Waals surface area (Å²) in [5, 5.41) is 7.42. The summed E-state index contributed by atoms with van der Waals surface area (Å²) >= 11 is 0. The van der Waals surface area contributed by atoms with Crippen molar-refractivity contribution in [1.82, 2.24) is 24.8 Å². The molecule has 652 valence electrons. The number of hydrogen-bond donors (Lipinski definition) is 0. The molecular weight excluding hydrogens is 1650 g/mol. The number of rotatable bonds is 22. The SMILES string of the molecule is C.C.C.CN(CC(F)F)[C@@H]1CCC2=CC3=CC[C@]4(C)C(c5ccc6ccncc6c5)CC[C@H]4[C@@]34CCC2(C1)O4.CN(CC(F)F)[C@H]1CCC2=CC3=CC[C@]4(C)C(c5ccc6ccncc6c5)CC[C@H]4[C@@]34CCC2(C1)O4.C[C@]12CC=C3C=C4CCC(=O)CC45CC[C@]3(O5)[C@@H]1CCC2c1ccc2ccncc2c1.[B]B([B])B(B([B])[B])B(B(B([B])[B])B([B])[B])B(B(B([B])[B])B([B])[B])B(B([B])[B])B([B])[B]. The minimum Gasteiger partial charge on any atom is -0.359 e. The minimum absolute atomic E-state index is 0. The molecule has 6 spiro atoms. The van der Waals surface area contributed by atoms with Gasteiger partial charge in [-0.15, -0.1) is 0 Å². The first-order valence-corrected chi connectivity index (χ1v) is 49.2. The van der Waals surface area contributed by atoms with E-state index in [1.54, 1.807) is 0 Å². The molecule has 9 fully saturated rings. The number of benzene rings is 3. The van der Waals surface area contributed by atoms with Crippen LogP contribution in [0.1, 0.15) is 232 Å². The second-order valence-corrected chi connectivity index (χ2v) is 43.8. The fourth-order valence-electron chi connectivity index (χ4n) is 30.7. The Bertz CT molecular complexity index is 5250. The average molecular weight is 1770 g/mol. The Balaban J connectivity index is 0.000000137. The van der Waals surface area contributed by atoms with Gasteiger partial charge in [0.1, 0.15) is 5.78 Å². The number of fused-ring (bicyclic) bond motifs is 6. The standard InChI is InChI=1S/2C31H36F2N2O.C28H29NO2.3CH4.B30/c2*1-29-11-9-24-16-23-5-6-25(35(2)19-28(32)33)17-30(23)12-13-31(24,36-30)27(29)8-7-26(29)21-4-3-20-10-14-34-18-22(20)15-21;1-26-10-8-22-15-21-4-5-23(30)16-27(21)11-12-28(22,31-27)25(26)7-6-24(26)19-3-2-18-9-13-29-17-20(18)14-19;;;;1-17(2)25(18(3)4)29(26(19(5)6)20(7)8)30(27(21(9)10)22(11)12)28(23(13)14)24(15)16/h2*3-4,9-10,14-16,18,25-28H,5-8,11-13,17,19H2,1-2H3;2-3,8-9,13-15,17,24-25H,4-7,10-12,16H2,1H3;3*1H4;/t25-,26?,27+,29+,30?,31+;25-,26?,27-,29-,30?,31-;24?,25-,26-,27?,28-;;;;/m011..../s1. The second-order valence-electron chi connectivity index (χ2n) is 43.8. The summed E-state index contributed by atoms with van der Waals surface area (Å²) < 4.78 is 74.3. The number of halogens is 4. The lowest BCUT2D eigenvalue weighted by molar-refractivity contribution is -0.146. The number of carbonyl (C=O) groups excluding carboxylic acids is 1. The van der Waals surface area contributed by atoms with Crippen molar-refractivity contribution in [2.75, 3.05) is 27.2 Å². The van der Waals surface area contributed by atoms with Gasteiger partial charge in [-0.05, 0) is 310 Å². The maximum absolute atomic E-state index is 13.1. The van der Waals surface area contributed by atoms with E-state index < -0.39 is 102 Å². The number of allylic oxidation sites excluding steroid dienone is 3. The number of ketones is 1. The van der Waals surface area contributed by atoms with Crippen LogP contribution < -0.4 is 0 Å². The summed E-state index contributed by atoms with van der Waals surface area (Å²) in [6.45, 7) is 7.20.